The van der Waals surface area contributed by atoms with Gasteiger partial charge < -0.3 is 14.6 Å². The lowest BCUT2D eigenvalue weighted by Gasteiger charge is -2.50. The second-order valence-corrected chi connectivity index (χ2v) is 9.85. The summed E-state index contributed by atoms with van der Waals surface area (Å²) in [4.78, 5) is 14.0. The summed E-state index contributed by atoms with van der Waals surface area (Å²) in [6, 6.07) is 12.3. The molecule has 1 atom stereocenters. The number of benzene rings is 2. The molecule has 2 aromatic carbocycles. The Morgan fingerprint density at radius 3 is 2.18 bits per heavy atom. The number of halogens is 2. The van der Waals surface area contributed by atoms with Crippen LogP contribution in [-0.4, -0.2) is 71.4 Å². The normalized spacial score (nSPS) is 17.1. The van der Waals surface area contributed by atoms with E-state index in [1.807, 2.05) is 22.9 Å². The van der Waals surface area contributed by atoms with Crippen molar-refractivity contribution in [2.24, 2.45) is 7.05 Å². The molecule has 6 rings (SSSR count). The lowest BCUT2D eigenvalue weighted by molar-refractivity contribution is 0.0432. The molecule has 0 spiro atoms. The minimum Gasteiger partial charge on any atom is -0.394 e. The lowest BCUT2D eigenvalue weighted by atomic mass is 9.80. The molecule has 0 amide bonds. The van der Waals surface area contributed by atoms with Crippen LogP contribution in [0.15, 0.2) is 54.9 Å². The number of hydrogen-bond acceptors (Lipinski definition) is 7. The summed E-state index contributed by atoms with van der Waals surface area (Å²) in [5, 5.41) is 19.2. The van der Waals surface area contributed by atoms with E-state index in [1.165, 1.54) is 24.3 Å². The van der Waals surface area contributed by atoms with E-state index in [2.05, 4.69) is 26.9 Å². The molecule has 0 bridgehead atoms. The molecule has 5 aromatic rings. The third kappa shape index (κ3) is 3.64. The summed E-state index contributed by atoms with van der Waals surface area (Å²) in [7, 11) is 1.95. The van der Waals surface area contributed by atoms with Crippen LogP contribution in [0.2, 0.25) is 0 Å². The molecule has 38 heavy (non-hydrogen) atoms. The van der Waals surface area contributed by atoms with Gasteiger partial charge in [0, 0.05) is 32.7 Å². The highest BCUT2D eigenvalue weighted by molar-refractivity contribution is 5.86. The number of fused-ring (bicyclic) bond motifs is 3. The second-order valence-electron chi connectivity index (χ2n) is 9.85. The Balaban J connectivity index is 1.42. The Bertz CT molecular complexity index is 1570. The van der Waals surface area contributed by atoms with E-state index in [0.29, 0.717) is 25.4 Å². The Labute approximate surface area is 218 Å². The number of anilines is 1. The zero-order valence-corrected chi connectivity index (χ0v) is 21.4. The summed E-state index contributed by atoms with van der Waals surface area (Å²) in [5.74, 6) is 1.36. The van der Waals surface area contributed by atoms with Gasteiger partial charge in [-0.3, -0.25) is 4.90 Å². The summed E-state index contributed by atoms with van der Waals surface area (Å²) in [6.45, 7) is 5.50. The van der Waals surface area contributed by atoms with Crippen LogP contribution < -0.4 is 4.90 Å². The van der Waals surface area contributed by atoms with Crippen LogP contribution >= 0.6 is 0 Å². The molecule has 11 heteroatoms. The average molecular weight is 519 g/mol. The third-order valence-electron chi connectivity index (χ3n) is 7.78. The Kier molecular flexibility index (Phi) is 5.84. The number of piperazine rings is 1. The fourth-order valence-corrected chi connectivity index (χ4v) is 5.71. The van der Waals surface area contributed by atoms with Gasteiger partial charge in [-0.25, -0.2) is 18.2 Å². The van der Waals surface area contributed by atoms with Crippen molar-refractivity contribution in [3.05, 3.63) is 83.4 Å². The van der Waals surface area contributed by atoms with Crippen LogP contribution in [0.3, 0.4) is 0 Å². The first-order chi connectivity index (χ1) is 18.3. The van der Waals surface area contributed by atoms with E-state index < -0.39 is 5.54 Å². The van der Waals surface area contributed by atoms with Gasteiger partial charge in [0.1, 0.15) is 29.3 Å². The highest BCUT2D eigenvalue weighted by Crippen LogP contribution is 2.39. The molecule has 9 nitrogen and oxygen atoms in total. The number of aryl methyl sites for hydroxylation is 2. The largest absolute Gasteiger partial charge is 0.394 e. The van der Waals surface area contributed by atoms with Crippen LogP contribution in [0.5, 0.6) is 0 Å². The van der Waals surface area contributed by atoms with E-state index in [4.69, 9.17) is 9.97 Å². The molecule has 3 aromatic heterocycles. The molecular weight excluding hydrogens is 490 g/mol. The summed E-state index contributed by atoms with van der Waals surface area (Å²) < 4.78 is 31.6. The number of hydrogen-bond donors (Lipinski definition) is 1. The van der Waals surface area contributed by atoms with E-state index >= 15 is 0 Å². The fourth-order valence-electron chi connectivity index (χ4n) is 5.71. The number of aromatic nitrogens is 6. The summed E-state index contributed by atoms with van der Waals surface area (Å²) in [5.41, 5.74) is 2.12. The van der Waals surface area contributed by atoms with Crippen molar-refractivity contribution >= 4 is 22.8 Å². The van der Waals surface area contributed by atoms with Gasteiger partial charge in [0.25, 0.3) is 5.78 Å². The SMILES string of the molecule is Cc1nc2c(N3CCN(C(CO)(c4ccc(F)cc4)c4ccc(F)cc4)CC3C)nc3nncn3c2n1C. The fraction of sp³-hybridized carbons (Fsp3) is 0.333. The Morgan fingerprint density at radius 2 is 1.61 bits per heavy atom. The number of aliphatic hydroxyl groups excluding tert-OH is 1. The zero-order valence-electron chi connectivity index (χ0n) is 21.4. The van der Waals surface area contributed by atoms with Gasteiger partial charge in [0.15, 0.2) is 11.5 Å². The average Bonchev–Trinajstić information content (AvgIpc) is 3.50. The molecule has 1 aliphatic heterocycles. The van der Waals surface area contributed by atoms with Crippen LogP contribution in [0, 0.1) is 18.6 Å². The Morgan fingerprint density at radius 1 is 0.974 bits per heavy atom. The maximum absolute atomic E-state index is 13.9. The lowest BCUT2D eigenvalue weighted by Crippen LogP contribution is -2.60. The predicted molar refractivity (Wildman–Crippen MR) is 139 cm³/mol. The number of aliphatic hydroxyl groups is 1. The molecule has 1 saturated heterocycles. The van der Waals surface area contributed by atoms with Gasteiger partial charge >= 0.3 is 0 Å². The molecule has 1 unspecified atom stereocenters. The van der Waals surface area contributed by atoms with Crippen LogP contribution in [0.25, 0.3) is 16.9 Å². The van der Waals surface area contributed by atoms with E-state index in [-0.39, 0.29) is 24.3 Å². The predicted octanol–water partition coefficient (Wildman–Crippen LogP) is 3.04. The molecule has 196 valence electrons. The van der Waals surface area contributed by atoms with Crippen molar-refractivity contribution < 1.29 is 13.9 Å². The minimum absolute atomic E-state index is 0.0287. The summed E-state index contributed by atoms with van der Waals surface area (Å²) >= 11 is 0. The first kappa shape index (κ1) is 24.4. The molecule has 4 heterocycles. The van der Waals surface area contributed by atoms with Gasteiger partial charge in [-0.05, 0) is 49.2 Å². The maximum Gasteiger partial charge on any atom is 0.258 e. The highest BCUT2D eigenvalue weighted by atomic mass is 19.1. The van der Waals surface area contributed by atoms with Crippen molar-refractivity contribution in [2.45, 2.75) is 25.4 Å². The van der Waals surface area contributed by atoms with Gasteiger partial charge in [-0.2, -0.15) is 4.98 Å². The zero-order chi connectivity index (χ0) is 26.6. The highest BCUT2D eigenvalue weighted by Gasteiger charge is 2.43. The van der Waals surface area contributed by atoms with Gasteiger partial charge in [0.2, 0.25) is 0 Å². The quantitative estimate of drug-likeness (QED) is 0.383. The van der Waals surface area contributed by atoms with Gasteiger partial charge in [0.05, 0.1) is 12.1 Å². The van der Waals surface area contributed by atoms with Crippen molar-refractivity contribution in [3.63, 3.8) is 0 Å². The van der Waals surface area contributed by atoms with E-state index in [9.17, 15) is 13.9 Å². The smallest absolute Gasteiger partial charge is 0.258 e. The van der Waals surface area contributed by atoms with Gasteiger partial charge in [-0.15, -0.1) is 10.2 Å². The minimum atomic E-state index is -0.983. The van der Waals surface area contributed by atoms with E-state index in [1.54, 1.807) is 30.6 Å². The molecular formula is C27H28F2N8O. The summed E-state index contributed by atoms with van der Waals surface area (Å²) in [6.07, 6.45) is 1.64. The number of imidazole rings is 1. The first-order valence-electron chi connectivity index (χ1n) is 12.5. The number of nitrogens with zero attached hydrogens (tertiary/aromatic N) is 8. The Hall–Kier alpha value is -3.96. The van der Waals surface area contributed by atoms with Gasteiger partial charge in [-0.1, -0.05) is 24.3 Å². The molecule has 0 saturated carbocycles. The first-order valence-corrected chi connectivity index (χ1v) is 12.5. The van der Waals surface area contributed by atoms with Crippen molar-refractivity contribution in [1.29, 1.82) is 0 Å². The van der Waals surface area contributed by atoms with Crippen molar-refractivity contribution in [1.82, 2.24) is 34.0 Å². The maximum atomic E-state index is 13.9. The third-order valence-corrected chi connectivity index (χ3v) is 7.78. The molecule has 1 fully saturated rings. The van der Waals surface area contributed by atoms with Crippen LogP contribution in [-0.2, 0) is 12.6 Å². The standard InChI is InChI=1S/C27H28F2N8O/c1-17-14-35(27(15-38,19-4-8-21(28)9-5-19)20-6-10-22(29)11-7-20)12-13-36(17)24-23-25(34(3)18(2)31-23)37-16-30-33-26(37)32-24/h4-11,16-17,38H,12-15H2,1-3H3. The molecule has 0 radical (unpaired) electrons. The molecule has 1 aliphatic rings. The topological polar surface area (TPSA) is 87.6 Å². The van der Waals surface area contributed by atoms with Crippen molar-refractivity contribution in [3.8, 4) is 0 Å². The van der Waals surface area contributed by atoms with E-state index in [0.717, 1.165) is 33.9 Å². The second kappa shape index (κ2) is 9.10. The van der Waals surface area contributed by atoms with Crippen molar-refractivity contribution in [2.75, 3.05) is 31.1 Å². The monoisotopic (exact) mass is 518 g/mol. The van der Waals surface area contributed by atoms with Crippen LogP contribution in [0.4, 0.5) is 14.6 Å². The molecule has 0 aliphatic carbocycles. The molecule has 1 N–H and O–H groups in total. The van der Waals surface area contributed by atoms with Crippen LogP contribution in [0.1, 0.15) is 23.9 Å². The number of rotatable bonds is 5.